The van der Waals surface area contributed by atoms with Crippen molar-refractivity contribution in [2.45, 2.75) is 13.1 Å². The maximum atomic E-state index is 10.6. The summed E-state index contributed by atoms with van der Waals surface area (Å²) in [5.74, 6) is 0. The van der Waals surface area contributed by atoms with E-state index in [-0.39, 0.29) is 5.69 Å². The Hall–Kier alpha value is -2.51. The van der Waals surface area contributed by atoms with Crippen molar-refractivity contribution in [1.29, 1.82) is 0 Å². The third-order valence-electron chi connectivity index (χ3n) is 3.37. The molecule has 0 saturated heterocycles. The number of anilines is 1. The van der Waals surface area contributed by atoms with Crippen LogP contribution in [0.4, 0.5) is 11.4 Å². The standard InChI is InChI=1S/C17H20N4O2S/c1-20(2)12-14-5-3-13(4-6-14)11-18-17(24)19-15-7-9-16(10-8-15)21(22)23/h3-10H,11-12H2,1-2H3,(H2,18,19,24)/p+1. The lowest BCUT2D eigenvalue weighted by molar-refractivity contribution is -0.872. The second-order valence-electron chi connectivity index (χ2n) is 5.81. The summed E-state index contributed by atoms with van der Waals surface area (Å²) in [4.78, 5) is 11.6. The fraction of sp³-hybridized carbons (Fsp3) is 0.235. The van der Waals surface area contributed by atoms with Crippen molar-refractivity contribution in [3.63, 3.8) is 0 Å². The zero-order chi connectivity index (χ0) is 17.5. The molecule has 6 nitrogen and oxygen atoms in total. The Morgan fingerprint density at radius 2 is 1.67 bits per heavy atom. The molecule has 0 saturated carbocycles. The molecule has 0 spiro atoms. The summed E-state index contributed by atoms with van der Waals surface area (Å²) in [7, 11) is 4.25. The van der Waals surface area contributed by atoms with E-state index in [0.29, 0.717) is 17.3 Å². The summed E-state index contributed by atoms with van der Waals surface area (Å²) in [5.41, 5.74) is 3.20. The van der Waals surface area contributed by atoms with Crippen LogP contribution in [0.15, 0.2) is 48.5 Å². The Bertz CT molecular complexity index is 700. The molecule has 0 aliphatic heterocycles. The van der Waals surface area contributed by atoms with Gasteiger partial charge in [-0.1, -0.05) is 24.3 Å². The molecule has 0 amide bonds. The van der Waals surface area contributed by atoms with Gasteiger partial charge in [0, 0.05) is 29.9 Å². The van der Waals surface area contributed by atoms with Crippen molar-refractivity contribution < 1.29 is 9.82 Å². The van der Waals surface area contributed by atoms with Crippen molar-refractivity contribution in [2.24, 2.45) is 0 Å². The van der Waals surface area contributed by atoms with Gasteiger partial charge < -0.3 is 15.5 Å². The fourth-order valence-electron chi connectivity index (χ4n) is 2.21. The third kappa shape index (κ3) is 5.60. The number of nitrogens with zero attached hydrogens (tertiary/aromatic N) is 1. The Morgan fingerprint density at radius 1 is 1.08 bits per heavy atom. The predicted octanol–water partition coefficient (Wildman–Crippen LogP) is 1.73. The minimum absolute atomic E-state index is 0.0547. The number of quaternary nitrogens is 1. The minimum Gasteiger partial charge on any atom is -0.358 e. The summed E-state index contributed by atoms with van der Waals surface area (Å²) in [6.45, 7) is 1.61. The topological polar surface area (TPSA) is 71.6 Å². The number of rotatable bonds is 6. The number of nitro benzene ring substituents is 1. The minimum atomic E-state index is -0.429. The molecule has 0 aromatic heterocycles. The largest absolute Gasteiger partial charge is 0.358 e. The zero-order valence-corrected chi connectivity index (χ0v) is 14.5. The summed E-state index contributed by atoms with van der Waals surface area (Å²) in [6.07, 6.45) is 0. The van der Waals surface area contributed by atoms with Crippen LogP contribution in [0.25, 0.3) is 0 Å². The average Bonchev–Trinajstić information content (AvgIpc) is 2.54. The second-order valence-corrected chi connectivity index (χ2v) is 6.22. The number of thiocarbonyl (C=S) groups is 1. The van der Waals surface area contributed by atoms with Gasteiger partial charge in [-0.25, -0.2) is 0 Å². The van der Waals surface area contributed by atoms with Crippen molar-refractivity contribution in [2.75, 3.05) is 19.4 Å². The van der Waals surface area contributed by atoms with Gasteiger partial charge in [0.2, 0.25) is 0 Å². The molecular weight excluding hydrogens is 324 g/mol. The highest BCUT2D eigenvalue weighted by molar-refractivity contribution is 7.80. The van der Waals surface area contributed by atoms with E-state index in [9.17, 15) is 10.1 Å². The van der Waals surface area contributed by atoms with E-state index in [1.54, 1.807) is 12.1 Å². The highest BCUT2D eigenvalue weighted by Gasteiger charge is 2.05. The summed E-state index contributed by atoms with van der Waals surface area (Å²) >= 11 is 5.24. The van der Waals surface area contributed by atoms with Crippen LogP contribution in [0.5, 0.6) is 0 Å². The maximum Gasteiger partial charge on any atom is 0.269 e. The quantitative estimate of drug-likeness (QED) is 0.422. The molecule has 0 atom stereocenters. The Morgan fingerprint density at radius 3 is 2.21 bits per heavy atom. The summed E-state index contributed by atoms with van der Waals surface area (Å²) < 4.78 is 0. The zero-order valence-electron chi connectivity index (χ0n) is 13.7. The Balaban J connectivity index is 1.83. The van der Waals surface area contributed by atoms with Crippen LogP contribution in [-0.2, 0) is 13.1 Å². The first-order chi connectivity index (χ1) is 11.4. The molecule has 0 unspecified atom stereocenters. The number of hydrogen-bond donors (Lipinski definition) is 3. The normalized spacial score (nSPS) is 10.5. The predicted molar refractivity (Wildman–Crippen MR) is 99.1 cm³/mol. The van der Waals surface area contributed by atoms with Gasteiger partial charge in [0.1, 0.15) is 6.54 Å². The average molecular weight is 345 g/mol. The van der Waals surface area contributed by atoms with Crippen LogP contribution < -0.4 is 15.5 Å². The molecule has 2 aromatic carbocycles. The van der Waals surface area contributed by atoms with Gasteiger partial charge in [-0.2, -0.15) is 0 Å². The van der Waals surface area contributed by atoms with Gasteiger partial charge in [0.05, 0.1) is 19.0 Å². The summed E-state index contributed by atoms with van der Waals surface area (Å²) in [6, 6.07) is 14.6. The van der Waals surface area contributed by atoms with Gasteiger partial charge in [0.25, 0.3) is 5.69 Å². The molecule has 0 fully saturated rings. The van der Waals surface area contributed by atoms with Crippen molar-refractivity contribution in [1.82, 2.24) is 5.32 Å². The Labute approximate surface area is 146 Å². The van der Waals surface area contributed by atoms with E-state index in [4.69, 9.17) is 12.2 Å². The van der Waals surface area contributed by atoms with E-state index in [2.05, 4.69) is 49.0 Å². The number of hydrogen-bond acceptors (Lipinski definition) is 3. The monoisotopic (exact) mass is 345 g/mol. The highest BCUT2D eigenvalue weighted by Crippen LogP contribution is 2.15. The SMILES string of the molecule is C[NH+](C)Cc1ccc(CNC(=S)Nc2ccc([N+](=O)[O-])cc2)cc1. The molecule has 0 heterocycles. The van der Waals surface area contributed by atoms with Crippen molar-refractivity contribution in [3.8, 4) is 0 Å². The molecule has 0 bridgehead atoms. The lowest BCUT2D eigenvalue weighted by Gasteiger charge is -2.11. The fourth-order valence-corrected chi connectivity index (χ4v) is 2.40. The van der Waals surface area contributed by atoms with Crippen LogP contribution in [-0.4, -0.2) is 24.1 Å². The van der Waals surface area contributed by atoms with Gasteiger partial charge in [-0.3, -0.25) is 10.1 Å². The number of benzene rings is 2. The van der Waals surface area contributed by atoms with Crippen LogP contribution in [0, 0.1) is 10.1 Å². The smallest absolute Gasteiger partial charge is 0.269 e. The van der Waals surface area contributed by atoms with Gasteiger partial charge in [0.15, 0.2) is 5.11 Å². The number of non-ortho nitro benzene ring substituents is 1. The molecule has 2 aromatic rings. The van der Waals surface area contributed by atoms with Crippen molar-refractivity contribution >= 4 is 28.7 Å². The molecular formula is C17H21N4O2S+. The molecule has 7 heteroatoms. The summed E-state index contributed by atoms with van der Waals surface area (Å²) in [5, 5.41) is 17.2. The van der Waals surface area contributed by atoms with Gasteiger partial charge in [-0.15, -0.1) is 0 Å². The number of nitrogens with one attached hydrogen (secondary N) is 3. The molecule has 0 aliphatic carbocycles. The van der Waals surface area contributed by atoms with E-state index in [0.717, 1.165) is 12.1 Å². The van der Waals surface area contributed by atoms with Crippen LogP contribution in [0.1, 0.15) is 11.1 Å². The lowest BCUT2D eigenvalue weighted by atomic mass is 10.1. The first kappa shape index (κ1) is 17.8. The highest BCUT2D eigenvalue weighted by atomic mass is 32.1. The Kier molecular flexibility index (Phi) is 6.22. The van der Waals surface area contributed by atoms with E-state index in [1.165, 1.54) is 22.6 Å². The molecule has 24 heavy (non-hydrogen) atoms. The third-order valence-corrected chi connectivity index (χ3v) is 3.62. The lowest BCUT2D eigenvalue weighted by Crippen LogP contribution is -3.04. The van der Waals surface area contributed by atoms with Crippen LogP contribution in [0.2, 0.25) is 0 Å². The number of nitro groups is 1. The van der Waals surface area contributed by atoms with E-state index in [1.807, 2.05) is 0 Å². The molecule has 3 N–H and O–H groups in total. The first-order valence-electron chi connectivity index (χ1n) is 7.60. The molecule has 0 radical (unpaired) electrons. The van der Waals surface area contributed by atoms with Crippen LogP contribution >= 0.6 is 12.2 Å². The van der Waals surface area contributed by atoms with E-state index >= 15 is 0 Å². The van der Waals surface area contributed by atoms with Crippen molar-refractivity contribution in [3.05, 3.63) is 69.8 Å². The molecule has 2 rings (SSSR count). The van der Waals surface area contributed by atoms with E-state index < -0.39 is 4.92 Å². The van der Waals surface area contributed by atoms with Gasteiger partial charge in [-0.05, 0) is 29.9 Å². The van der Waals surface area contributed by atoms with Gasteiger partial charge >= 0.3 is 0 Å². The van der Waals surface area contributed by atoms with Crippen LogP contribution in [0.3, 0.4) is 0 Å². The second kappa shape index (κ2) is 8.37. The molecule has 0 aliphatic rings. The first-order valence-corrected chi connectivity index (χ1v) is 8.01. The molecule has 126 valence electrons. The maximum absolute atomic E-state index is 10.6.